The van der Waals surface area contributed by atoms with Gasteiger partial charge in [0.2, 0.25) is 0 Å². The summed E-state index contributed by atoms with van der Waals surface area (Å²) in [6, 6.07) is 18.9. The number of anilines is 2. The van der Waals surface area contributed by atoms with Gasteiger partial charge in [-0.05, 0) is 54.6 Å². The molecule has 4 N–H and O–H groups in total. The number of fused-ring (bicyclic) bond motifs is 1. The summed E-state index contributed by atoms with van der Waals surface area (Å²) in [5, 5.41) is 23.3. The molecule has 0 aliphatic carbocycles. The van der Waals surface area contributed by atoms with Crippen molar-refractivity contribution < 1.29 is 9.90 Å². The van der Waals surface area contributed by atoms with E-state index in [9.17, 15) is 4.79 Å². The zero-order valence-electron chi connectivity index (χ0n) is 16.2. The van der Waals surface area contributed by atoms with E-state index in [-0.39, 0.29) is 19.1 Å². The molecule has 2 heterocycles. The molecular formula is C23H21N5O2. The van der Waals surface area contributed by atoms with E-state index in [1.807, 2.05) is 60.7 Å². The molecule has 0 aliphatic heterocycles. The number of hydrogen-bond acceptors (Lipinski definition) is 5. The molecule has 0 unspecified atom stereocenters. The van der Waals surface area contributed by atoms with Crippen LogP contribution in [0.3, 0.4) is 0 Å². The van der Waals surface area contributed by atoms with E-state index < -0.39 is 0 Å². The van der Waals surface area contributed by atoms with Crippen molar-refractivity contribution in [3.05, 3.63) is 83.8 Å². The molecule has 0 radical (unpaired) electrons. The van der Waals surface area contributed by atoms with Gasteiger partial charge in [0, 0.05) is 23.8 Å². The van der Waals surface area contributed by atoms with Crippen LogP contribution in [0.2, 0.25) is 0 Å². The Hall–Kier alpha value is -3.97. The van der Waals surface area contributed by atoms with Crippen LogP contribution in [0.4, 0.5) is 11.4 Å². The lowest BCUT2D eigenvalue weighted by Crippen LogP contribution is -2.26. The van der Waals surface area contributed by atoms with Gasteiger partial charge in [-0.15, -0.1) is 0 Å². The molecule has 0 fully saturated rings. The Morgan fingerprint density at radius 1 is 1.07 bits per heavy atom. The number of hydrogen-bond donors (Lipinski definition) is 4. The van der Waals surface area contributed by atoms with Crippen LogP contribution in [0.5, 0.6) is 0 Å². The first-order valence-corrected chi connectivity index (χ1v) is 9.57. The van der Waals surface area contributed by atoms with E-state index in [1.54, 1.807) is 18.3 Å². The number of nitrogens with one attached hydrogen (secondary N) is 3. The Morgan fingerprint density at radius 2 is 1.93 bits per heavy atom. The monoisotopic (exact) mass is 399 g/mol. The molecule has 7 nitrogen and oxygen atoms in total. The lowest BCUT2D eigenvalue weighted by molar-refractivity contribution is 0.0945. The van der Waals surface area contributed by atoms with E-state index in [4.69, 9.17) is 5.11 Å². The summed E-state index contributed by atoms with van der Waals surface area (Å²) < 4.78 is 0. The molecular weight excluding hydrogens is 378 g/mol. The maximum Gasteiger partial charge on any atom is 0.253 e. The molecule has 7 heteroatoms. The predicted octanol–water partition coefficient (Wildman–Crippen LogP) is 3.59. The lowest BCUT2D eigenvalue weighted by atomic mass is 10.1. The van der Waals surface area contributed by atoms with E-state index in [2.05, 4.69) is 25.8 Å². The van der Waals surface area contributed by atoms with Crippen LogP contribution in [0.1, 0.15) is 21.7 Å². The second-order valence-corrected chi connectivity index (χ2v) is 6.61. The molecule has 4 aromatic rings. The van der Waals surface area contributed by atoms with Gasteiger partial charge in [-0.1, -0.05) is 18.2 Å². The van der Waals surface area contributed by atoms with E-state index in [0.29, 0.717) is 11.3 Å². The summed E-state index contributed by atoms with van der Waals surface area (Å²) in [5.41, 5.74) is 4.59. The van der Waals surface area contributed by atoms with Crippen LogP contribution in [0.15, 0.2) is 66.9 Å². The van der Waals surface area contributed by atoms with Gasteiger partial charge in [0.05, 0.1) is 34.8 Å². The Bertz CT molecular complexity index is 1180. The predicted molar refractivity (Wildman–Crippen MR) is 118 cm³/mol. The van der Waals surface area contributed by atoms with Gasteiger partial charge in [-0.3, -0.25) is 14.9 Å². The summed E-state index contributed by atoms with van der Waals surface area (Å²) in [5.74, 6) is -0.239. The van der Waals surface area contributed by atoms with Gasteiger partial charge in [-0.25, -0.2) is 0 Å². The number of amides is 1. The second-order valence-electron chi connectivity index (χ2n) is 6.61. The molecule has 0 atom stereocenters. The van der Waals surface area contributed by atoms with Crippen LogP contribution in [-0.2, 0) is 0 Å². The molecule has 0 saturated carbocycles. The Kier molecular flexibility index (Phi) is 5.82. The van der Waals surface area contributed by atoms with Gasteiger partial charge in [0.1, 0.15) is 0 Å². The van der Waals surface area contributed by atoms with Crippen molar-refractivity contribution in [1.82, 2.24) is 20.5 Å². The van der Waals surface area contributed by atoms with Crippen LogP contribution in [0, 0.1) is 0 Å². The number of aliphatic hydroxyl groups excluding tert-OH is 1. The summed E-state index contributed by atoms with van der Waals surface area (Å²) in [4.78, 5) is 16.6. The fourth-order valence-corrected chi connectivity index (χ4v) is 3.09. The minimum atomic E-state index is -0.239. The van der Waals surface area contributed by atoms with Gasteiger partial charge >= 0.3 is 0 Å². The molecule has 2 aromatic carbocycles. The first-order valence-electron chi connectivity index (χ1n) is 9.57. The van der Waals surface area contributed by atoms with Crippen molar-refractivity contribution in [3.8, 4) is 0 Å². The van der Waals surface area contributed by atoms with E-state index >= 15 is 0 Å². The summed E-state index contributed by atoms with van der Waals surface area (Å²) in [6.07, 6.45) is 5.60. The highest BCUT2D eigenvalue weighted by atomic mass is 16.3. The molecule has 4 rings (SSSR count). The highest BCUT2D eigenvalue weighted by Gasteiger charge is 2.11. The summed E-state index contributed by atoms with van der Waals surface area (Å²) >= 11 is 0. The topological polar surface area (TPSA) is 103 Å². The SMILES string of the molecule is O=C(NCCO)c1ccccc1Nc1ccc2c(/C=C/c3ccccn3)n[nH]c2c1. The van der Waals surface area contributed by atoms with Gasteiger partial charge < -0.3 is 15.7 Å². The number of H-pyrrole nitrogens is 1. The highest BCUT2D eigenvalue weighted by molar-refractivity contribution is 6.00. The molecule has 1 amide bonds. The van der Waals surface area contributed by atoms with E-state index in [0.717, 1.165) is 28.0 Å². The average molecular weight is 399 g/mol. The van der Waals surface area contributed by atoms with Crippen molar-refractivity contribution in [2.24, 2.45) is 0 Å². The number of aromatic nitrogens is 3. The summed E-state index contributed by atoms with van der Waals surface area (Å²) in [6.45, 7) is 0.108. The second kappa shape index (κ2) is 9.02. The summed E-state index contributed by atoms with van der Waals surface area (Å²) in [7, 11) is 0. The van der Waals surface area contributed by atoms with Crippen LogP contribution in [-0.4, -0.2) is 39.3 Å². The lowest BCUT2D eigenvalue weighted by Gasteiger charge is -2.12. The molecule has 0 saturated heterocycles. The molecule has 0 spiro atoms. The number of aliphatic hydroxyl groups is 1. The van der Waals surface area contributed by atoms with Crippen molar-refractivity contribution in [3.63, 3.8) is 0 Å². The fraction of sp³-hybridized carbons (Fsp3) is 0.0870. The van der Waals surface area contributed by atoms with Crippen LogP contribution >= 0.6 is 0 Å². The van der Waals surface area contributed by atoms with Crippen molar-refractivity contribution in [2.75, 3.05) is 18.5 Å². The number of carbonyl (C=O) groups is 1. The molecule has 150 valence electrons. The first-order chi connectivity index (χ1) is 14.7. The molecule has 30 heavy (non-hydrogen) atoms. The molecule has 0 aliphatic rings. The largest absolute Gasteiger partial charge is 0.395 e. The third-order valence-corrected chi connectivity index (χ3v) is 4.54. The number of rotatable bonds is 7. The number of nitrogens with zero attached hydrogens (tertiary/aromatic N) is 2. The maximum atomic E-state index is 12.3. The smallest absolute Gasteiger partial charge is 0.253 e. The molecule has 0 bridgehead atoms. The van der Waals surface area contributed by atoms with Crippen LogP contribution < -0.4 is 10.6 Å². The Morgan fingerprint density at radius 3 is 2.77 bits per heavy atom. The third kappa shape index (κ3) is 4.37. The van der Waals surface area contributed by atoms with Gasteiger partial charge in [-0.2, -0.15) is 5.10 Å². The standard InChI is InChI=1S/C23H21N5O2/c29-14-13-25-23(30)19-6-1-2-7-20(19)26-17-8-10-18-21(27-28-22(18)15-17)11-9-16-5-3-4-12-24-16/h1-12,15,26,29H,13-14H2,(H,25,30)(H,27,28)/b11-9+. The van der Waals surface area contributed by atoms with Crippen molar-refractivity contribution in [2.45, 2.75) is 0 Å². The fourth-order valence-electron chi connectivity index (χ4n) is 3.09. The van der Waals surface area contributed by atoms with E-state index in [1.165, 1.54) is 0 Å². The zero-order valence-corrected chi connectivity index (χ0v) is 16.2. The number of aromatic amines is 1. The maximum absolute atomic E-state index is 12.3. The number of carbonyl (C=O) groups excluding carboxylic acids is 1. The zero-order chi connectivity index (χ0) is 20.8. The molecule has 2 aromatic heterocycles. The first kappa shape index (κ1) is 19.4. The Labute approximate surface area is 173 Å². The van der Waals surface area contributed by atoms with Gasteiger partial charge in [0.25, 0.3) is 5.91 Å². The number of para-hydroxylation sites is 1. The normalized spacial score (nSPS) is 11.1. The average Bonchev–Trinajstić information content (AvgIpc) is 3.19. The minimum absolute atomic E-state index is 0.102. The quantitative estimate of drug-likeness (QED) is 0.380. The highest BCUT2D eigenvalue weighted by Crippen LogP contribution is 2.26. The van der Waals surface area contributed by atoms with Crippen molar-refractivity contribution in [1.29, 1.82) is 0 Å². The minimum Gasteiger partial charge on any atom is -0.395 e. The number of pyridine rings is 1. The van der Waals surface area contributed by atoms with Crippen LogP contribution in [0.25, 0.3) is 23.1 Å². The Balaban J connectivity index is 1.56. The number of benzene rings is 2. The van der Waals surface area contributed by atoms with Crippen molar-refractivity contribution >= 4 is 40.3 Å². The van der Waals surface area contributed by atoms with Gasteiger partial charge in [0.15, 0.2) is 0 Å². The third-order valence-electron chi connectivity index (χ3n) is 4.54.